The van der Waals surface area contributed by atoms with Gasteiger partial charge in [0.05, 0.1) is 17.2 Å². The molecule has 7 heteroatoms. The fraction of sp³-hybridized carbons (Fsp3) is 0.765. The largest absolute Gasteiger partial charge is 0.355 e. The van der Waals surface area contributed by atoms with Crippen LogP contribution in [0.3, 0.4) is 0 Å². The number of likely N-dealkylation sites (N-methyl/N-ethyl adjacent to an activating group) is 1. The van der Waals surface area contributed by atoms with Crippen molar-refractivity contribution in [2.75, 3.05) is 27.2 Å². The molecule has 0 saturated heterocycles. The number of aliphatic imine (C=N–C) groups is 1. The van der Waals surface area contributed by atoms with Crippen LogP contribution in [-0.2, 0) is 6.54 Å². The lowest BCUT2D eigenvalue weighted by molar-refractivity contribution is 0.194. The normalized spacial score (nSPS) is 16.1. The van der Waals surface area contributed by atoms with Crippen LogP contribution in [0.5, 0.6) is 0 Å². The third-order valence-electron chi connectivity index (χ3n) is 4.59. The quantitative estimate of drug-likeness (QED) is 0.385. The lowest BCUT2D eigenvalue weighted by atomic mass is 9.94. The summed E-state index contributed by atoms with van der Waals surface area (Å²) in [6.07, 6.45) is 6.90. The Hall–Kier alpha value is -0.410. The summed E-state index contributed by atoms with van der Waals surface area (Å²) >= 11 is 1.75. The van der Waals surface area contributed by atoms with Crippen molar-refractivity contribution in [3.05, 3.63) is 15.6 Å². The number of hydrogen-bond acceptors (Lipinski definition) is 4. The fourth-order valence-electron chi connectivity index (χ4n) is 3.18. The Balaban J connectivity index is 0.00000288. The monoisotopic (exact) mass is 465 g/mol. The molecule has 2 N–H and O–H groups in total. The van der Waals surface area contributed by atoms with E-state index in [4.69, 9.17) is 0 Å². The lowest BCUT2D eigenvalue weighted by Gasteiger charge is -2.31. The Morgan fingerprint density at radius 2 is 1.96 bits per heavy atom. The van der Waals surface area contributed by atoms with Crippen LogP contribution in [0.1, 0.15) is 47.7 Å². The molecule has 1 saturated carbocycles. The van der Waals surface area contributed by atoms with Crippen LogP contribution in [0.4, 0.5) is 0 Å². The number of nitrogens with one attached hydrogen (secondary N) is 2. The first-order valence-electron chi connectivity index (χ1n) is 8.68. The SMILES string of the molecule is CN=C(NCCN(C)C1CCCCC1)NCc1sc(C)nc1C.I. The molecule has 2 rings (SSSR count). The summed E-state index contributed by atoms with van der Waals surface area (Å²) in [7, 11) is 4.07. The van der Waals surface area contributed by atoms with Gasteiger partial charge in [0, 0.05) is 31.1 Å². The highest BCUT2D eigenvalue weighted by Crippen LogP contribution is 2.21. The Morgan fingerprint density at radius 1 is 1.25 bits per heavy atom. The number of guanidine groups is 1. The van der Waals surface area contributed by atoms with E-state index in [2.05, 4.69) is 46.4 Å². The van der Waals surface area contributed by atoms with E-state index in [-0.39, 0.29) is 24.0 Å². The van der Waals surface area contributed by atoms with Gasteiger partial charge in [0.1, 0.15) is 0 Å². The molecule has 1 heterocycles. The molecule has 0 aromatic carbocycles. The van der Waals surface area contributed by atoms with E-state index in [0.717, 1.165) is 42.3 Å². The standard InChI is InChI=1S/C17H31N5S.HI/c1-13-16(23-14(2)21-13)12-20-17(18-3)19-10-11-22(4)15-8-6-5-7-9-15;/h15H,5-12H2,1-4H3,(H2,18,19,20);1H. The molecule has 1 aromatic heterocycles. The average Bonchev–Trinajstić information content (AvgIpc) is 2.89. The van der Waals surface area contributed by atoms with Gasteiger partial charge in [-0.3, -0.25) is 4.99 Å². The van der Waals surface area contributed by atoms with E-state index in [1.807, 2.05) is 7.05 Å². The van der Waals surface area contributed by atoms with Gasteiger partial charge in [0.25, 0.3) is 0 Å². The molecule has 0 radical (unpaired) electrons. The topological polar surface area (TPSA) is 52.6 Å². The smallest absolute Gasteiger partial charge is 0.191 e. The van der Waals surface area contributed by atoms with E-state index < -0.39 is 0 Å². The molecule has 1 aliphatic rings. The molecular weight excluding hydrogens is 433 g/mol. The van der Waals surface area contributed by atoms with E-state index in [1.165, 1.54) is 37.0 Å². The Bertz CT molecular complexity index is 511. The molecule has 1 aliphatic carbocycles. The third kappa shape index (κ3) is 6.84. The Labute approximate surface area is 167 Å². The molecule has 24 heavy (non-hydrogen) atoms. The van der Waals surface area contributed by atoms with Crippen LogP contribution in [0.2, 0.25) is 0 Å². The van der Waals surface area contributed by atoms with Crippen molar-refractivity contribution in [2.24, 2.45) is 4.99 Å². The predicted octanol–water partition coefficient (Wildman–Crippen LogP) is 3.31. The van der Waals surface area contributed by atoms with Gasteiger partial charge in [0.2, 0.25) is 0 Å². The van der Waals surface area contributed by atoms with Gasteiger partial charge in [-0.1, -0.05) is 19.3 Å². The van der Waals surface area contributed by atoms with Crippen LogP contribution in [0, 0.1) is 13.8 Å². The first-order valence-corrected chi connectivity index (χ1v) is 9.49. The van der Waals surface area contributed by atoms with E-state index in [0.29, 0.717) is 0 Å². The highest BCUT2D eigenvalue weighted by Gasteiger charge is 2.17. The zero-order chi connectivity index (χ0) is 16.7. The highest BCUT2D eigenvalue weighted by atomic mass is 127. The second-order valence-electron chi connectivity index (χ2n) is 6.37. The molecule has 0 bridgehead atoms. The van der Waals surface area contributed by atoms with Crippen molar-refractivity contribution in [3.63, 3.8) is 0 Å². The van der Waals surface area contributed by atoms with Crippen LogP contribution >= 0.6 is 35.3 Å². The zero-order valence-electron chi connectivity index (χ0n) is 15.4. The second kappa shape index (κ2) is 11.3. The number of rotatable bonds is 6. The van der Waals surface area contributed by atoms with Gasteiger partial charge in [0.15, 0.2) is 5.96 Å². The molecule has 0 spiro atoms. The van der Waals surface area contributed by atoms with Gasteiger partial charge < -0.3 is 15.5 Å². The van der Waals surface area contributed by atoms with Crippen LogP contribution in [-0.4, -0.2) is 49.1 Å². The first-order chi connectivity index (χ1) is 11.1. The lowest BCUT2D eigenvalue weighted by Crippen LogP contribution is -2.43. The summed E-state index contributed by atoms with van der Waals surface area (Å²) < 4.78 is 0. The summed E-state index contributed by atoms with van der Waals surface area (Å²) in [5.41, 5.74) is 1.12. The summed E-state index contributed by atoms with van der Waals surface area (Å²) in [6.45, 7) is 6.89. The maximum absolute atomic E-state index is 4.46. The van der Waals surface area contributed by atoms with Crippen LogP contribution in [0.25, 0.3) is 0 Å². The van der Waals surface area contributed by atoms with Crippen molar-refractivity contribution in [1.29, 1.82) is 0 Å². The van der Waals surface area contributed by atoms with E-state index in [1.54, 1.807) is 11.3 Å². The number of aryl methyl sites for hydroxylation is 2. The van der Waals surface area contributed by atoms with E-state index in [9.17, 15) is 0 Å². The van der Waals surface area contributed by atoms with Gasteiger partial charge in [-0.05, 0) is 33.7 Å². The van der Waals surface area contributed by atoms with E-state index >= 15 is 0 Å². The van der Waals surface area contributed by atoms with Crippen LogP contribution in [0.15, 0.2) is 4.99 Å². The minimum Gasteiger partial charge on any atom is -0.355 e. The molecular formula is C17H32IN5S. The summed E-state index contributed by atoms with van der Waals surface area (Å²) in [6, 6.07) is 0.767. The first kappa shape index (κ1) is 21.6. The number of aromatic nitrogens is 1. The Morgan fingerprint density at radius 3 is 2.54 bits per heavy atom. The van der Waals surface area contributed by atoms with Crippen LogP contribution < -0.4 is 10.6 Å². The summed E-state index contributed by atoms with van der Waals surface area (Å²) in [5, 5.41) is 7.92. The second-order valence-corrected chi connectivity index (χ2v) is 7.65. The molecule has 1 aromatic rings. The van der Waals surface area contributed by atoms with Crippen molar-refractivity contribution < 1.29 is 0 Å². The summed E-state index contributed by atoms with van der Waals surface area (Å²) in [4.78, 5) is 12.6. The predicted molar refractivity (Wildman–Crippen MR) is 115 cm³/mol. The Kier molecular flexibility index (Phi) is 10.1. The summed E-state index contributed by atoms with van der Waals surface area (Å²) in [5.74, 6) is 0.868. The minimum absolute atomic E-state index is 0. The third-order valence-corrected chi connectivity index (χ3v) is 5.67. The number of halogens is 1. The maximum Gasteiger partial charge on any atom is 0.191 e. The average molecular weight is 465 g/mol. The minimum atomic E-state index is 0. The van der Waals surface area contributed by atoms with Crippen molar-refractivity contribution >= 4 is 41.3 Å². The zero-order valence-corrected chi connectivity index (χ0v) is 18.5. The molecule has 0 atom stereocenters. The van der Waals surface area contributed by atoms with Gasteiger partial charge in [-0.25, -0.2) is 4.98 Å². The molecule has 0 unspecified atom stereocenters. The van der Waals surface area contributed by atoms with Crippen molar-refractivity contribution in [2.45, 2.75) is 58.5 Å². The van der Waals surface area contributed by atoms with Crippen molar-refractivity contribution in [1.82, 2.24) is 20.5 Å². The fourth-order valence-corrected chi connectivity index (χ4v) is 4.05. The molecule has 1 fully saturated rings. The number of nitrogens with zero attached hydrogens (tertiary/aromatic N) is 3. The molecule has 5 nitrogen and oxygen atoms in total. The molecule has 0 amide bonds. The molecule has 138 valence electrons. The van der Waals surface area contributed by atoms with Crippen molar-refractivity contribution in [3.8, 4) is 0 Å². The number of hydrogen-bond donors (Lipinski definition) is 2. The molecule has 0 aliphatic heterocycles. The van der Waals surface area contributed by atoms with Gasteiger partial charge in [-0.15, -0.1) is 35.3 Å². The maximum atomic E-state index is 4.46. The van der Waals surface area contributed by atoms with Gasteiger partial charge in [-0.2, -0.15) is 0 Å². The number of thiazole rings is 1. The highest BCUT2D eigenvalue weighted by molar-refractivity contribution is 14.0. The van der Waals surface area contributed by atoms with Gasteiger partial charge >= 0.3 is 0 Å².